The predicted molar refractivity (Wildman–Crippen MR) is 56.5 cm³/mol. The predicted octanol–water partition coefficient (Wildman–Crippen LogP) is 1.37. The normalized spacial score (nSPS) is 12.1. The Bertz CT molecular complexity index is 350. The molecule has 0 aliphatic carbocycles. The number of halogens is 1. The van der Waals surface area contributed by atoms with Crippen molar-refractivity contribution in [2.45, 2.75) is 11.8 Å². The third-order valence-corrected chi connectivity index (χ3v) is 2.92. The summed E-state index contributed by atoms with van der Waals surface area (Å²) in [5.41, 5.74) is 1.08. The Morgan fingerprint density at radius 1 is 1.43 bits per heavy atom. The Morgan fingerprint density at radius 3 is 2.50 bits per heavy atom. The molecule has 1 rings (SSSR count). The molecule has 76 valence electrons. The summed E-state index contributed by atoms with van der Waals surface area (Å²) < 4.78 is 13.7. The fraction of sp³-hybridized carbons (Fsp3) is 0.222. The molecule has 0 spiro atoms. The number of hydrogen-bond donors (Lipinski definition) is 1. The Labute approximate surface area is 90.1 Å². The smallest absolute Gasteiger partial charge is 0.246 e. The molecule has 0 radical (unpaired) electrons. The van der Waals surface area contributed by atoms with Crippen LogP contribution < -0.4 is 4.72 Å². The highest BCUT2D eigenvalue weighted by Gasteiger charge is 2.06. The Balaban J connectivity index is 2.70. The number of nitrogens with one attached hydrogen (secondary N) is 1. The van der Waals surface area contributed by atoms with E-state index < -0.39 is 16.9 Å². The second-order valence-corrected chi connectivity index (χ2v) is 4.22. The fourth-order valence-corrected chi connectivity index (χ4v) is 1.78. The van der Waals surface area contributed by atoms with Crippen LogP contribution in [0.15, 0.2) is 29.2 Å². The average molecular weight is 232 g/mol. The highest BCUT2D eigenvalue weighted by molar-refractivity contribution is 7.83. The molecule has 0 aliphatic rings. The molecule has 1 atom stereocenters. The van der Waals surface area contributed by atoms with Gasteiger partial charge in [-0.3, -0.25) is 9.52 Å². The second kappa shape index (κ2) is 5.12. The number of carbonyl (C=O) groups excluding carboxylic acids is 1. The standard InChI is InChI=1S/C9H10ClNO2S/c1-7-2-4-8(5-3-7)14(13)11-9(12)6-10/h2-5H,6H2,1H3,(H,11,12). The monoisotopic (exact) mass is 231 g/mol. The van der Waals surface area contributed by atoms with Crippen molar-refractivity contribution >= 4 is 28.5 Å². The van der Waals surface area contributed by atoms with E-state index in [1.54, 1.807) is 12.1 Å². The summed E-state index contributed by atoms with van der Waals surface area (Å²) in [6.45, 7) is 1.93. The number of aryl methyl sites for hydroxylation is 1. The molecular weight excluding hydrogens is 222 g/mol. The van der Waals surface area contributed by atoms with E-state index in [1.165, 1.54) is 0 Å². The van der Waals surface area contributed by atoms with Crippen LogP contribution >= 0.6 is 11.6 Å². The molecule has 14 heavy (non-hydrogen) atoms. The molecule has 0 aliphatic heterocycles. The van der Waals surface area contributed by atoms with Gasteiger partial charge in [0.15, 0.2) is 11.0 Å². The van der Waals surface area contributed by atoms with Crippen LogP contribution in [0.25, 0.3) is 0 Å². The molecule has 0 bridgehead atoms. The van der Waals surface area contributed by atoms with E-state index in [9.17, 15) is 9.00 Å². The molecule has 1 amide bonds. The highest BCUT2D eigenvalue weighted by atomic mass is 35.5. The topological polar surface area (TPSA) is 46.2 Å². The first-order valence-electron chi connectivity index (χ1n) is 3.97. The summed E-state index contributed by atoms with van der Waals surface area (Å²) >= 11 is 5.26. The lowest BCUT2D eigenvalue weighted by Crippen LogP contribution is -2.26. The largest absolute Gasteiger partial charge is 0.273 e. The van der Waals surface area contributed by atoms with Gasteiger partial charge in [-0.25, -0.2) is 4.21 Å². The van der Waals surface area contributed by atoms with Gasteiger partial charge < -0.3 is 0 Å². The van der Waals surface area contributed by atoms with Crippen molar-refractivity contribution in [2.75, 3.05) is 5.88 Å². The van der Waals surface area contributed by atoms with Gasteiger partial charge in [0.05, 0.1) is 4.90 Å². The minimum absolute atomic E-state index is 0.183. The minimum atomic E-state index is -1.51. The van der Waals surface area contributed by atoms with E-state index in [1.807, 2.05) is 19.1 Å². The van der Waals surface area contributed by atoms with Crippen molar-refractivity contribution in [3.05, 3.63) is 29.8 Å². The van der Waals surface area contributed by atoms with Gasteiger partial charge >= 0.3 is 0 Å². The second-order valence-electron chi connectivity index (χ2n) is 2.74. The van der Waals surface area contributed by atoms with Gasteiger partial charge in [0.25, 0.3) is 0 Å². The summed E-state index contributed by atoms with van der Waals surface area (Å²) in [7, 11) is -1.51. The molecule has 1 N–H and O–H groups in total. The number of carbonyl (C=O) groups is 1. The maximum absolute atomic E-state index is 11.4. The van der Waals surface area contributed by atoms with Crippen LogP contribution in [0.3, 0.4) is 0 Å². The maximum Gasteiger partial charge on any atom is 0.246 e. The summed E-state index contributed by atoms with van der Waals surface area (Å²) in [4.78, 5) is 11.4. The quantitative estimate of drug-likeness (QED) is 0.799. The van der Waals surface area contributed by atoms with E-state index in [-0.39, 0.29) is 5.88 Å². The molecule has 1 aromatic carbocycles. The highest BCUT2D eigenvalue weighted by Crippen LogP contribution is 2.06. The number of benzene rings is 1. The Morgan fingerprint density at radius 2 is 2.00 bits per heavy atom. The lowest BCUT2D eigenvalue weighted by Gasteiger charge is -2.02. The minimum Gasteiger partial charge on any atom is -0.273 e. The van der Waals surface area contributed by atoms with E-state index in [2.05, 4.69) is 4.72 Å². The first-order valence-corrected chi connectivity index (χ1v) is 5.66. The van der Waals surface area contributed by atoms with Crippen LogP contribution in [0.5, 0.6) is 0 Å². The summed E-state index contributed by atoms with van der Waals surface area (Å²) in [6.07, 6.45) is 0. The fourth-order valence-electron chi connectivity index (χ4n) is 0.851. The zero-order valence-corrected chi connectivity index (χ0v) is 9.19. The Kier molecular flexibility index (Phi) is 4.10. The third-order valence-electron chi connectivity index (χ3n) is 1.56. The molecule has 0 saturated heterocycles. The zero-order valence-electron chi connectivity index (χ0n) is 7.62. The van der Waals surface area contributed by atoms with Gasteiger partial charge in [-0.2, -0.15) is 0 Å². The van der Waals surface area contributed by atoms with E-state index >= 15 is 0 Å². The molecule has 0 aromatic heterocycles. The number of alkyl halides is 1. The third kappa shape index (κ3) is 3.12. The molecule has 1 aromatic rings. The lowest BCUT2D eigenvalue weighted by atomic mass is 10.2. The summed E-state index contributed by atoms with van der Waals surface area (Å²) in [6, 6.07) is 7.08. The molecular formula is C9H10ClNO2S. The van der Waals surface area contributed by atoms with Crippen molar-refractivity contribution in [3.63, 3.8) is 0 Å². The van der Waals surface area contributed by atoms with Crippen molar-refractivity contribution in [1.82, 2.24) is 4.72 Å². The van der Waals surface area contributed by atoms with Gasteiger partial charge in [-0.15, -0.1) is 11.6 Å². The number of rotatable bonds is 3. The van der Waals surface area contributed by atoms with E-state index in [0.29, 0.717) is 4.90 Å². The molecule has 0 heterocycles. The van der Waals surface area contributed by atoms with Crippen LogP contribution in [0.4, 0.5) is 0 Å². The SMILES string of the molecule is Cc1ccc(S(=O)NC(=O)CCl)cc1. The lowest BCUT2D eigenvalue weighted by molar-refractivity contribution is -0.116. The van der Waals surface area contributed by atoms with Crippen molar-refractivity contribution < 1.29 is 9.00 Å². The van der Waals surface area contributed by atoms with Gasteiger partial charge in [-0.1, -0.05) is 17.7 Å². The van der Waals surface area contributed by atoms with Crippen LogP contribution in [0, 0.1) is 6.92 Å². The van der Waals surface area contributed by atoms with Crippen molar-refractivity contribution in [3.8, 4) is 0 Å². The summed E-state index contributed by atoms with van der Waals surface area (Å²) in [5.74, 6) is -0.622. The van der Waals surface area contributed by atoms with Gasteiger partial charge in [0.1, 0.15) is 5.88 Å². The van der Waals surface area contributed by atoms with Crippen LogP contribution in [-0.4, -0.2) is 16.0 Å². The summed E-state index contributed by atoms with van der Waals surface area (Å²) in [5, 5.41) is 0. The van der Waals surface area contributed by atoms with E-state index in [0.717, 1.165) is 5.56 Å². The average Bonchev–Trinajstić information content (AvgIpc) is 2.18. The van der Waals surface area contributed by atoms with Crippen LogP contribution in [-0.2, 0) is 15.8 Å². The van der Waals surface area contributed by atoms with E-state index in [4.69, 9.17) is 11.6 Å². The zero-order chi connectivity index (χ0) is 10.6. The van der Waals surface area contributed by atoms with Gasteiger partial charge in [0, 0.05) is 0 Å². The molecule has 1 unspecified atom stereocenters. The van der Waals surface area contributed by atoms with Crippen molar-refractivity contribution in [1.29, 1.82) is 0 Å². The number of amides is 1. The number of hydrogen-bond acceptors (Lipinski definition) is 2. The maximum atomic E-state index is 11.4. The van der Waals surface area contributed by atoms with Crippen LogP contribution in [0.1, 0.15) is 5.56 Å². The van der Waals surface area contributed by atoms with Gasteiger partial charge in [-0.05, 0) is 19.1 Å². The van der Waals surface area contributed by atoms with Gasteiger partial charge in [0.2, 0.25) is 5.91 Å². The molecule has 0 saturated carbocycles. The Hall–Kier alpha value is -0.870. The molecule has 3 nitrogen and oxygen atoms in total. The molecule has 5 heteroatoms. The molecule has 0 fully saturated rings. The van der Waals surface area contributed by atoms with Crippen molar-refractivity contribution in [2.24, 2.45) is 0 Å². The first-order chi connectivity index (χ1) is 6.63. The van der Waals surface area contributed by atoms with Crippen LogP contribution in [0.2, 0.25) is 0 Å². The first kappa shape index (κ1) is 11.2.